The zero-order chi connectivity index (χ0) is 20.2. The third-order valence-corrected chi connectivity index (χ3v) is 5.63. The summed E-state index contributed by atoms with van der Waals surface area (Å²) in [5, 5.41) is 1.16. The van der Waals surface area contributed by atoms with E-state index >= 15 is 0 Å². The topological polar surface area (TPSA) is 58.5 Å². The third kappa shape index (κ3) is 4.19. The van der Waals surface area contributed by atoms with E-state index in [-0.39, 0.29) is 5.91 Å². The first-order valence-corrected chi connectivity index (χ1v) is 10.1. The van der Waals surface area contributed by atoms with Crippen LogP contribution in [0.25, 0.3) is 10.9 Å². The van der Waals surface area contributed by atoms with Crippen molar-refractivity contribution in [3.8, 4) is 0 Å². The SMILES string of the molecule is C/N=C\c1ccc([C@@H]2CC(C)CN(C(=O)Cc3cccnc3)C2)c2cccnc12. The third-order valence-electron chi connectivity index (χ3n) is 5.63. The number of aromatic nitrogens is 2. The zero-order valence-corrected chi connectivity index (χ0v) is 17.0. The first-order chi connectivity index (χ1) is 14.2. The highest BCUT2D eigenvalue weighted by atomic mass is 16.2. The zero-order valence-electron chi connectivity index (χ0n) is 17.0. The summed E-state index contributed by atoms with van der Waals surface area (Å²) in [6.07, 6.45) is 8.66. The van der Waals surface area contributed by atoms with Gasteiger partial charge in [0.1, 0.15) is 0 Å². The highest BCUT2D eigenvalue weighted by Crippen LogP contribution is 2.34. The molecule has 0 N–H and O–H groups in total. The molecule has 2 aromatic heterocycles. The summed E-state index contributed by atoms with van der Waals surface area (Å²) in [7, 11) is 1.78. The smallest absolute Gasteiger partial charge is 0.227 e. The van der Waals surface area contributed by atoms with Gasteiger partial charge < -0.3 is 4.90 Å². The van der Waals surface area contributed by atoms with Gasteiger partial charge >= 0.3 is 0 Å². The van der Waals surface area contributed by atoms with Crippen LogP contribution in [-0.2, 0) is 11.2 Å². The Kier molecular flexibility index (Phi) is 5.65. The number of nitrogens with zero attached hydrogens (tertiary/aromatic N) is 4. The van der Waals surface area contributed by atoms with Crippen molar-refractivity contribution in [2.75, 3.05) is 20.1 Å². The number of pyridine rings is 2. The Bertz CT molecular complexity index is 1030. The molecule has 1 amide bonds. The van der Waals surface area contributed by atoms with Crippen molar-refractivity contribution in [3.05, 3.63) is 71.7 Å². The van der Waals surface area contributed by atoms with E-state index in [1.807, 2.05) is 35.5 Å². The Morgan fingerprint density at radius 1 is 1.21 bits per heavy atom. The largest absolute Gasteiger partial charge is 0.342 e. The molecule has 1 fully saturated rings. The molecule has 3 heterocycles. The molecule has 148 valence electrons. The summed E-state index contributed by atoms with van der Waals surface area (Å²) in [5.74, 6) is 0.929. The number of piperidine rings is 1. The molecule has 1 aliphatic heterocycles. The molecule has 1 aromatic carbocycles. The van der Waals surface area contributed by atoms with Crippen molar-refractivity contribution in [1.82, 2.24) is 14.9 Å². The minimum absolute atomic E-state index is 0.173. The Morgan fingerprint density at radius 3 is 2.86 bits per heavy atom. The number of fused-ring (bicyclic) bond motifs is 1. The van der Waals surface area contributed by atoms with Crippen LogP contribution in [0.3, 0.4) is 0 Å². The average Bonchev–Trinajstić information content (AvgIpc) is 2.74. The monoisotopic (exact) mass is 386 g/mol. The highest BCUT2D eigenvalue weighted by molar-refractivity contribution is 5.99. The number of amides is 1. The molecule has 1 saturated heterocycles. The molecule has 0 saturated carbocycles. The standard InChI is InChI=1S/C24H26N4O/c1-17-11-20(16-28(15-17)23(29)12-18-5-3-9-26-13-18)21-8-7-19(14-25-2)24-22(21)6-4-10-27-24/h3-10,13-14,17,20H,11-12,15-16H2,1-2H3/b25-14-/t17?,20-/m1/s1. The Morgan fingerprint density at radius 2 is 2.07 bits per heavy atom. The van der Waals surface area contributed by atoms with Gasteiger partial charge in [0, 0.05) is 61.8 Å². The molecule has 0 aliphatic carbocycles. The lowest BCUT2D eigenvalue weighted by Gasteiger charge is -2.37. The van der Waals surface area contributed by atoms with E-state index in [4.69, 9.17) is 0 Å². The maximum Gasteiger partial charge on any atom is 0.227 e. The number of hydrogen-bond acceptors (Lipinski definition) is 4. The number of hydrogen-bond donors (Lipinski definition) is 0. The molecule has 5 nitrogen and oxygen atoms in total. The maximum absolute atomic E-state index is 13.0. The van der Waals surface area contributed by atoms with Crippen LogP contribution in [0, 0.1) is 5.92 Å². The van der Waals surface area contributed by atoms with Crippen molar-refractivity contribution in [2.24, 2.45) is 10.9 Å². The highest BCUT2D eigenvalue weighted by Gasteiger charge is 2.29. The second-order valence-electron chi connectivity index (χ2n) is 7.91. The van der Waals surface area contributed by atoms with Crippen LogP contribution >= 0.6 is 0 Å². The van der Waals surface area contributed by atoms with E-state index in [1.165, 1.54) is 5.56 Å². The second kappa shape index (κ2) is 8.52. The van der Waals surface area contributed by atoms with E-state index in [0.717, 1.165) is 41.5 Å². The first kappa shape index (κ1) is 19.2. The molecular weight excluding hydrogens is 360 g/mol. The molecule has 5 heteroatoms. The summed E-state index contributed by atoms with van der Waals surface area (Å²) in [4.78, 5) is 27.9. The molecule has 1 unspecified atom stereocenters. The molecule has 29 heavy (non-hydrogen) atoms. The molecule has 2 atom stereocenters. The summed E-state index contributed by atoms with van der Waals surface area (Å²) in [6, 6.07) is 12.2. The number of carbonyl (C=O) groups excluding carboxylic acids is 1. The van der Waals surface area contributed by atoms with Gasteiger partial charge in [0.05, 0.1) is 11.9 Å². The van der Waals surface area contributed by atoms with Crippen molar-refractivity contribution < 1.29 is 4.79 Å². The van der Waals surface area contributed by atoms with Crippen LogP contribution in [0.1, 0.15) is 36.0 Å². The average molecular weight is 386 g/mol. The van der Waals surface area contributed by atoms with E-state index in [2.05, 4.69) is 40.1 Å². The van der Waals surface area contributed by atoms with Crippen LogP contribution in [0.5, 0.6) is 0 Å². The van der Waals surface area contributed by atoms with Gasteiger partial charge in [-0.3, -0.25) is 19.8 Å². The second-order valence-corrected chi connectivity index (χ2v) is 7.91. The number of rotatable bonds is 4. The van der Waals surface area contributed by atoms with Crippen molar-refractivity contribution in [2.45, 2.75) is 25.7 Å². The van der Waals surface area contributed by atoms with Gasteiger partial charge in [0.25, 0.3) is 0 Å². The summed E-state index contributed by atoms with van der Waals surface area (Å²) in [5.41, 5.74) is 4.24. The van der Waals surface area contributed by atoms with Crippen molar-refractivity contribution in [3.63, 3.8) is 0 Å². The van der Waals surface area contributed by atoms with Crippen molar-refractivity contribution in [1.29, 1.82) is 0 Å². The minimum Gasteiger partial charge on any atom is -0.342 e. The molecule has 0 bridgehead atoms. The Labute approximate surface area is 171 Å². The minimum atomic E-state index is 0.173. The van der Waals surface area contributed by atoms with Gasteiger partial charge in [-0.2, -0.15) is 0 Å². The van der Waals surface area contributed by atoms with Crippen LogP contribution in [0.2, 0.25) is 0 Å². The molecule has 3 aromatic rings. The quantitative estimate of drug-likeness (QED) is 0.640. The summed E-state index contributed by atoms with van der Waals surface area (Å²) >= 11 is 0. The van der Waals surface area contributed by atoms with Gasteiger partial charge in [-0.15, -0.1) is 0 Å². The van der Waals surface area contributed by atoms with Crippen LogP contribution in [0.4, 0.5) is 0 Å². The Balaban J connectivity index is 1.62. The van der Waals surface area contributed by atoms with Crippen LogP contribution < -0.4 is 0 Å². The number of aliphatic imine (C=N–C) groups is 1. The fraction of sp³-hybridized carbons (Fsp3) is 0.333. The van der Waals surface area contributed by atoms with E-state index in [1.54, 1.807) is 19.4 Å². The number of likely N-dealkylation sites (tertiary alicyclic amines) is 1. The lowest BCUT2D eigenvalue weighted by molar-refractivity contribution is -0.132. The van der Waals surface area contributed by atoms with Gasteiger partial charge in [0.15, 0.2) is 0 Å². The predicted molar refractivity (Wildman–Crippen MR) is 116 cm³/mol. The molecular formula is C24H26N4O. The molecule has 0 spiro atoms. The summed E-state index contributed by atoms with van der Waals surface area (Å²) < 4.78 is 0. The van der Waals surface area contributed by atoms with Gasteiger partial charge in [0.2, 0.25) is 5.91 Å². The van der Waals surface area contributed by atoms with Gasteiger partial charge in [-0.05, 0) is 35.6 Å². The maximum atomic E-state index is 13.0. The molecule has 4 rings (SSSR count). The van der Waals surface area contributed by atoms with E-state index in [0.29, 0.717) is 18.3 Å². The van der Waals surface area contributed by atoms with Gasteiger partial charge in [-0.25, -0.2) is 0 Å². The first-order valence-electron chi connectivity index (χ1n) is 10.1. The fourth-order valence-corrected chi connectivity index (χ4v) is 4.39. The number of benzene rings is 1. The normalized spacial score (nSPS) is 19.7. The van der Waals surface area contributed by atoms with Crippen LogP contribution in [-0.4, -0.2) is 47.1 Å². The Hall–Kier alpha value is -3.08. The lowest BCUT2D eigenvalue weighted by Crippen LogP contribution is -2.43. The van der Waals surface area contributed by atoms with E-state index in [9.17, 15) is 4.79 Å². The lowest BCUT2D eigenvalue weighted by atomic mass is 9.83. The summed E-state index contributed by atoms with van der Waals surface area (Å²) in [6.45, 7) is 3.79. The molecule has 1 aliphatic rings. The fourth-order valence-electron chi connectivity index (χ4n) is 4.39. The number of carbonyl (C=O) groups is 1. The van der Waals surface area contributed by atoms with Crippen LogP contribution in [0.15, 0.2) is 60.0 Å². The molecule has 0 radical (unpaired) electrons. The van der Waals surface area contributed by atoms with Crippen molar-refractivity contribution >= 4 is 23.0 Å². The van der Waals surface area contributed by atoms with Gasteiger partial charge in [-0.1, -0.05) is 31.2 Å². The van der Waals surface area contributed by atoms with E-state index < -0.39 is 0 Å². The predicted octanol–water partition coefficient (Wildman–Crippen LogP) is 3.87.